The van der Waals surface area contributed by atoms with Crippen molar-refractivity contribution in [2.75, 3.05) is 20.1 Å². The average molecular weight is 311 g/mol. The lowest BCUT2D eigenvalue weighted by Crippen LogP contribution is -2.45. The van der Waals surface area contributed by atoms with E-state index in [1.165, 1.54) is 24.8 Å². The van der Waals surface area contributed by atoms with Crippen molar-refractivity contribution in [3.63, 3.8) is 0 Å². The summed E-state index contributed by atoms with van der Waals surface area (Å²) in [6.45, 7) is 2.87. The first-order valence-electron chi connectivity index (χ1n) is 8.33. The fourth-order valence-corrected chi connectivity index (χ4v) is 3.19. The van der Waals surface area contributed by atoms with E-state index in [4.69, 9.17) is 0 Å². The highest BCUT2D eigenvalue weighted by Crippen LogP contribution is 2.21. The van der Waals surface area contributed by atoms with Crippen molar-refractivity contribution in [1.29, 1.82) is 0 Å². The van der Waals surface area contributed by atoms with Gasteiger partial charge < -0.3 is 10.2 Å². The Morgan fingerprint density at radius 3 is 2.70 bits per heavy atom. The molecule has 0 atom stereocenters. The van der Waals surface area contributed by atoms with E-state index in [2.05, 4.69) is 55.7 Å². The van der Waals surface area contributed by atoms with E-state index >= 15 is 0 Å². The molecule has 1 aliphatic heterocycles. The lowest BCUT2D eigenvalue weighted by molar-refractivity contribution is 0.259. The first-order valence-corrected chi connectivity index (χ1v) is 8.33. The zero-order chi connectivity index (χ0) is 15.9. The molecule has 5 heteroatoms. The summed E-state index contributed by atoms with van der Waals surface area (Å²) >= 11 is 0. The van der Waals surface area contributed by atoms with E-state index in [0.717, 1.165) is 37.2 Å². The van der Waals surface area contributed by atoms with Crippen LogP contribution in [0.1, 0.15) is 24.1 Å². The summed E-state index contributed by atoms with van der Waals surface area (Å²) < 4.78 is 0. The SMILES string of the molecule is CN=C(NCc1ccn[nH]1)N1CCC(Cc2ccccc2)CC1. The Bertz CT molecular complexity index is 598. The molecule has 2 aromatic rings. The third kappa shape index (κ3) is 4.34. The van der Waals surface area contributed by atoms with Crippen molar-refractivity contribution in [2.45, 2.75) is 25.8 Å². The Morgan fingerprint density at radius 2 is 2.04 bits per heavy atom. The van der Waals surface area contributed by atoms with Crippen LogP contribution in [0.3, 0.4) is 0 Å². The molecule has 0 unspecified atom stereocenters. The predicted octanol–water partition coefficient (Wildman–Crippen LogP) is 2.44. The standard InChI is InChI=1S/C18H25N5/c1-19-18(20-14-17-7-10-21-22-17)23-11-8-16(9-12-23)13-15-5-3-2-4-6-15/h2-7,10,16H,8-9,11-14H2,1H3,(H,19,20)(H,21,22). The summed E-state index contributed by atoms with van der Waals surface area (Å²) in [6.07, 6.45) is 5.41. The van der Waals surface area contributed by atoms with Gasteiger partial charge in [-0.15, -0.1) is 0 Å². The minimum atomic E-state index is 0.733. The molecule has 0 radical (unpaired) electrons. The molecule has 0 saturated carbocycles. The Balaban J connectivity index is 1.47. The van der Waals surface area contributed by atoms with Crippen LogP contribution in [0, 0.1) is 5.92 Å². The number of rotatable bonds is 4. The Morgan fingerprint density at radius 1 is 1.26 bits per heavy atom. The third-order valence-corrected chi connectivity index (χ3v) is 4.49. The lowest BCUT2D eigenvalue weighted by Gasteiger charge is -2.34. The summed E-state index contributed by atoms with van der Waals surface area (Å²) in [4.78, 5) is 6.78. The molecule has 5 nitrogen and oxygen atoms in total. The molecule has 0 amide bonds. The summed E-state index contributed by atoms with van der Waals surface area (Å²) in [6, 6.07) is 12.8. The van der Waals surface area contributed by atoms with Crippen LogP contribution >= 0.6 is 0 Å². The van der Waals surface area contributed by atoms with E-state index in [0.29, 0.717) is 0 Å². The van der Waals surface area contributed by atoms with Gasteiger partial charge in [0.15, 0.2) is 5.96 Å². The van der Waals surface area contributed by atoms with Crippen LogP contribution in [0.5, 0.6) is 0 Å². The van der Waals surface area contributed by atoms with Gasteiger partial charge >= 0.3 is 0 Å². The monoisotopic (exact) mass is 311 g/mol. The number of guanidine groups is 1. The minimum Gasteiger partial charge on any atom is -0.351 e. The molecule has 2 heterocycles. The van der Waals surface area contributed by atoms with Crippen LogP contribution < -0.4 is 5.32 Å². The van der Waals surface area contributed by atoms with Gasteiger partial charge in [0.2, 0.25) is 0 Å². The maximum atomic E-state index is 4.42. The average Bonchev–Trinajstić information content (AvgIpc) is 3.11. The highest BCUT2D eigenvalue weighted by molar-refractivity contribution is 5.79. The number of piperidine rings is 1. The Kier molecular flexibility index (Phi) is 5.29. The van der Waals surface area contributed by atoms with Crippen LogP contribution in [-0.4, -0.2) is 41.2 Å². The topological polar surface area (TPSA) is 56.3 Å². The number of hydrogen-bond acceptors (Lipinski definition) is 2. The minimum absolute atomic E-state index is 0.733. The number of hydrogen-bond donors (Lipinski definition) is 2. The van der Waals surface area contributed by atoms with Crippen LogP contribution in [0.25, 0.3) is 0 Å². The second kappa shape index (κ2) is 7.81. The van der Waals surface area contributed by atoms with Crippen molar-refractivity contribution in [3.05, 3.63) is 53.9 Å². The number of aromatic nitrogens is 2. The van der Waals surface area contributed by atoms with E-state index in [1.54, 1.807) is 6.20 Å². The molecule has 0 spiro atoms. The Labute approximate surface area is 137 Å². The van der Waals surface area contributed by atoms with Crippen molar-refractivity contribution in [1.82, 2.24) is 20.4 Å². The van der Waals surface area contributed by atoms with Gasteiger partial charge in [0.25, 0.3) is 0 Å². The Hall–Kier alpha value is -2.30. The summed E-state index contributed by atoms with van der Waals surface area (Å²) in [5, 5.41) is 10.3. The fourth-order valence-electron chi connectivity index (χ4n) is 3.19. The summed E-state index contributed by atoms with van der Waals surface area (Å²) in [5.74, 6) is 1.76. The van der Waals surface area contributed by atoms with Crippen molar-refractivity contribution >= 4 is 5.96 Å². The molecule has 0 aliphatic carbocycles. The van der Waals surface area contributed by atoms with Gasteiger partial charge in [0.1, 0.15) is 0 Å². The molecule has 1 fully saturated rings. The molecule has 122 valence electrons. The molecule has 23 heavy (non-hydrogen) atoms. The number of benzene rings is 1. The van der Waals surface area contributed by atoms with Gasteiger partial charge in [-0.2, -0.15) is 5.10 Å². The fraction of sp³-hybridized carbons (Fsp3) is 0.444. The molecule has 3 rings (SSSR count). The highest BCUT2D eigenvalue weighted by atomic mass is 15.3. The molecule has 1 aromatic heterocycles. The normalized spacial score (nSPS) is 16.6. The van der Waals surface area contributed by atoms with Gasteiger partial charge in [-0.1, -0.05) is 30.3 Å². The maximum Gasteiger partial charge on any atom is 0.193 e. The summed E-state index contributed by atoms with van der Waals surface area (Å²) in [5.41, 5.74) is 2.53. The third-order valence-electron chi connectivity index (χ3n) is 4.49. The number of likely N-dealkylation sites (tertiary alicyclic amines) is 1. The molecule has 1 aliphatic rings. The van der Waals surface area contributed by atoms with Gasteiger partial charge in [-0.05, 0) is 36.8 Å². The number of aliphatic imine (C=N–C) groups is 1. The lowest BCUT2D eigenvalue weighted by atomic mass is 9.90. The maximum absolute atomic E-state index is 4.42. The first-order chi connectivity index (χ1) is 11.3. The van der Waals surface area contributed by atoms with Crippen molar-refractivity contribution in [3.8, 4) is 0 Å². The summed E-state index contributed by atoms with van der Waals surface area (Å²) in [7, 11) is 1.85. The van der Waals surface area contributed by atoms with Gasteiger partial charge in [-0.3, -0.25) is 10.1 Å². The second-order valence-corrected chi connectivity index (χ2v) is 6.10. The molecular formula is C18H25N5. The zero-order valence-corrected chi connectivity index (χ0v) is 13.7. The van der Waals surface area contributed by atoms with E-state index in [1.807, 2.05) is 13.1 Å². The number of nitrogens with one attached hydrogen (secondary N) is 2. The van der Waals surface area contributed by atoms with Crippen molar-refractivity contribution < 1.29 is 0 Å². The van der Waals surface area contributed by atoms with Crippen LogP contribution in [0.2, 0.25) is 0 Å². The van der Waals surface area contributed by atoms with Gasteiger partial charge in [0, 0.05) is 26.3 Å². The molecule has 0 bridgehead atoms. The zero-order valence-electron chi connectivity index (χ0n) is 13.7. The largest absolute Gasteiger partial charge is 0.351 e. The smallest absolute Gasteiger partial charge is 0.193 e. The highest BCUT2D eigenvalue weighted by Gasteiger charge is 2.21. The number of nitrogens with zero attached hydrogens (tertiary/aromatic N) is 3. The predicted molar refractivity (Wildman–Crippen MR) is 93.2 cm³/mol. The van der Waals surface area contributed by atoms with E-state index < -0.39 is 0 Å². The van der Waals surface area contributed by atoms with Crippen LogP contribution in [0.4, 0.5) is 0 Å². The first kappa shape index (κ1) is 15.6. The molecule has 1 saturated heterocycles. The van der Waals surface area contributed by atoms with Gasteiger partial charge in [-0.25, -0.2) is 0 Å². The van der Waals surface area contributed by atoms with E-state index in [9.17, 15) is 0 Å². The quantitative estimate of drug-likeness (QED) is 0.673. The van der Waals surface area contributed by atoms with Crippen LogP contribution in [-0.2, 0) is 13.0 Å². The molecular weight excluding hydrogens is 286 g/mol. The number of H-pyrrole nitrogens is 1. The molecule has 1 aromatic carbocycles. The number of aromatic amines is 1. The molecule has 2 N–H and O–H groups in total. The van der Waals surface area contributed by atoms with Crippen LogP contribution in [0.15, 0.2) is 47.6 Å². The van der Waals surface area contributed by atoms with Crippen molar-refractivity contribution in [2.24, 2.45) is 10.9 Å². The van der Waals surface area contributed by atoms with E-state index in [-0.39, 0.29) is 0 Å². The van der Waals surface area contributed by atoms with Gasteiger partial charge in [0.05, 0.1) is 12.2 Å². The second-order valence-electron chi connectivity index (χ2n) is 6.10.